The van der Waals surface area contributed by atoms with Gasteiger partial charge in [-0.1, -0.05) is 6.07 Å². The van der Waals surface area contributed by atoms with Crippen LogP contribution in [0, 0.1) is 12.8 Å². The fourth-order valence-corrected chi connectivity index (χ4v) is 4.16. The molecule has 0 saturated heterocycles. The van der Waals surface area contributed by atoms with Crippen molar-refractivity contribution in [2.45, 2.75) is 30.8 Å². The molecule has 0 amide bonds. The number of hydrogen-bond acceptors (Lipinski definition) is 3. The number of rotatable bonds is 5. The van der Waals surface area contributed by atoms with Gasteiger partial charge >= 0.3 is 0 Å². The first-order valence-corrected chi connectivity index (χ1v) is 8.46. The molecule has 19 heavy (non-hydrogen) atoms. The molecule has 0 aliphatic heterocycles. The lowest BCUT2D eigenvalue weighted by atomic mass is 10.2. The average Bonchev–Trinajstić information content (AvgIpc) is 3.15. The number of benzene rings is 1. The van der Waals surface area contributed by atoms with Gasteiger partial charge in [0.2, 0.25) is 10.0 Å². The molecule has 1 aromatic rings. The molecule has 1 saturated carbocycles. The van der Waals surface area contributed by atoms with Crippen LogP contribution in [0.25, 0.3) is 0 Å². The Morgan fingerprint density at radius 2 is 2.11 bits per heavy atom. The summed E-state index contributed by atoms with van der Waals surface area (Å²) in [4.78, 5) is 0.248. The first-order chi connectivity index (χ1) is 8.82. The van der Waals surface area contributed by atoms with E-state index in [9.17, 15) is 13.5 Å². The highest BCUT2D eigenvalue weighted by molar-refractivity contribution is 9.10. The quantitative estimate of drug-likeness (QED) is 0.887. The number of aliphatic hydroxyl groups is 1. The fourth-order valence-electron chi connectivity index (χ4n) is 1.97. The number of nitrogens with zero attached hydrogens (tertiary/aromatic N) is 1. The summed E-state index contributed by atoms with van der Waals surface area (Å²) in [6.07, 6.45) is 1.41. The smallest absolute Gasteiger partial charge is 0.244 e. The Labute approximate surface area is 122 Å². The summed E-state index contributed by atoms with van der Waals surface area (Å²) in [5.74, 6) is 0.263. The SMILES string of the molecule is Cc1ccc(Br)c(S(=O)(=O)N(C)CC(O)C2CC2)c1. The third kappa shape index (κ3) is 3.37. The largest absolute Gasteiger partial charge is 0.391 e. The summed E-state index contributed by atoms with van der Waals surface area (Å²) in [7, 11) is -2.06. The lowest BCUT2D eigenvalue weighted by molar-refractivity contribution is 0.131. The van der Waals surface area contributed by atoms with E-state index in [1.165, 1.54) is 11.4 Å². The lowest BCUT2D eigenvalue weighted by Gasteiger charge is -2.21. The van der Waals surface area contributed by atoms with Gasteiger partial charge in [-0.2, -0.15) is 4.31 Å². The van der Waals surface area contributed by atoms with E-state index in [1.807, 2.05) is 13.0 Å². The van der Waals surface area contributed by atoms with Gasteiger partial charge in [0, 0.05) is 18.1 Å². The fraction of sp³-hybridized carbons (Fsp3) is 0.538. The second kappa shape index (κ2) is 5.52. The summed E-state index contributed by atoms with van der Waals surface area (Å²) in [5, 5.41) is 9.88. The van der Waals surface area contributed by atoms with Gasteiger partial charge in [0.25, 0.3) is 0 Å². The molecule has 106 valence electrons. The number of sulfonamides is 1. The van der Waals surface area contributed by atoms with Gasteiger partial charge < -0.3 is 5.11 Å². The molecule has 1 aliphatic carbocycles. The van der Waals surface area contributed by atoms with Crippen molar-refractivity contribution in [3.63, 3.8) is 0 Å². The van der Waals surface area contributed by atoms with Gasteiger partial charge in [0.15, 0.2) is 0 Å². The van der Waals surface area contributed by atoms with Crippen LogP contribution in [0.3, 0.4) is 0 Å². The van der Waals surface area contributed by atoms with Gasteiger partial charge in [-0.3, -0.25) is 0 Å². The Bertz CT molecular complexity index is 569. The minimum absolute atomic E-state index is 0.146. The predicted molar refractivity (Wildman–Crippen MR) is 77.4 cm³/mol. The van der Waals surface area contributed by atoms with Crippen LogP contribution in [-0.2, 0) is 10.0 Å². The molecule has 0 radical (unpaired) electrons. The molecule has 0 aromatic heterocycles. The Balaban J connectivity index is 2.22. The Kier molecular flexibility index (Phi) is 4.35. The predicted octanol–water partition coefficient (Wildman–Crippen LogP) is 2.15. The minimum Gasteiger partial charge on any atom is -0.391 e. The van der Waals surface area contributed by atoms with Crippen LogP contribution in [-0.4, -0.2) is 37.5 Å². The van der Waals surface area contributed by atoms with E-state index < -0.39 is 16.1 Å². The van der Waals surface area contributed by atoms with Crippen molar-refractivity contribution >= 4 is 26.0 Å². The number of aliphatic hydroxyl groups excluding tert-OH is 1. The summed E-state index contributed by atoms with van der Waals surface area (Å²) < 4.78 is 26.7. The molecule has 1 aromatic carbocycles. The maximum Gasteiger partial charge on any atom is 0.244 e. The topological polar surface area (TPSA) is 57.6 Å². The highest BCUT2D eigenvalue weighted by Crippen LogP contribution is 2.33. The van der Waals surface area contributed by atoms with Gasteiger partial charge in [0.05, 0.1) is 11.0 Å². The number of hydrogen-bond donors (Lipinski definition) is 1. The molecule has 1 fully saturated rings. The maximum atomic E-state index is 12.5. The lowest BCUT2D eigenvalue weighted by Crippen LogP contribution is -2.35. The standard InChI is InChI=1S/C13H18BrNO3S/c1-9-3-6-11(14)13(7-9)19(17,18)15(2)8-12(16)10-4-5-10/h3,6-7,10,12,16H,4-5,8H2,1-2H3. The average molecular weight is 348 g/mol. The number of likely N-dealkylation sites (N-methyl/N-ethyl adjacent to an activating group) is 1. The van der Waals surface area contributed by atoms with Crippen molar-refractivity contribution in [2.75, 3.05) is 13.6 Å². The molecular weight excluding hydrogens is 330 g/mol. The molecule has 1 N–H and O–H groups in total. The second-order valence-corrected chi connectivity index (χ2v) is 7.99. The van der Waals surface area contributed by atoms with E-state index in [-0.39, 0.29) is 17.4 Å². The van der Waals surface area contributed by atoms with Crippen LogP contribution in [0.4, 0.5) is 0 Å². The van der Waals surface area contributed by atoms with Crippen molar-refractivity contribution in [3.8, 4) is 0 Å². The highest BCUT2D eigenvalue weighted by Gasteiger charge is 2.33. The minimum atomic E-state index is -3.57. The molecule has 6 heteroatoms. The van der Waals surface area contributed by atoms with E-state index in [1.54, 1.807) is 12.1 Å². The molecule has 2 rings (SSSR count). The van der Waals surface area contributed by atoms with Crippen molar-refractivity contribution in [1.29, 1.82) is 0 Å². The number of aryl methyl sites for hydroxylation is 1. The van der Waals surface area contributed by atoms with Gasteiger partial charge in [0.1, 0.15) is 0 Å². The van der Waals surface area contributed by atoms with Gasteiger partial charge in [-0.05, 0) is 59.3 Å². The van der Waals surface area contributed by atoms with Crippen LogP contribution in [0.2, 0.25) is 0 Å². The zero-order chi connectivity index (χ0) is 14.2. The van der Waals surface area contributed by atoms with Crippen LogP contribution in [0.1, 0.15) is 18.4 Å². The first-order valence-electron chi connectivity index (χ1n) is 6.23. The van der Waals surface area contributed by atoms with Crippen molar-refractivity contribution < 1.29 is 13.5 Å². The molecule has 1 unspecified atom stereocenters. The molecule has 1 aliphatic rings. The second-order valence-electron chi connectivity index (χ2n) is 5.12. The van der Waals surface area contributed by atoms with Crippen LogP contribution in [0.5, 0.6) is 0 Å². The molecule has 0 bridgehead atoms. The normalized spacial score (nSPS) is 17.7. The van der Waals surface area contributed by atoms with E-state index >= 15 is 0 Å². The summed E-state index contributed by atoms with van der Waals surface area (Å²) in [6, 6.07) is 5.22. The third-order valence-corrected chi connectivity index (χ3v) is 6.20. The van der Waals surface area contributed by atoms with Gasteiger partial charge in [-0.15, -0.1) is 0 Å². The van der Waals surface area contributed by atoms with Crippen LogP contribution >= 0.6 is 15.9 Å². The molecule has 1 atom stereocenters. The number of halogens is 1. The summed E-state index contributed by atoms with van der Waals surface area (Å²) in [6.45, 7) is 2.00. The van der Waals surface area contributed by atoms with E-state index in [0.29, 0.717) is 4.47 Å². The highest BCUT2D eigenvalue weighted by atomic mass is 79.9. The summed E-state index contributed by atoms with van der Waals surface area (Å²) in [5.41, 5.74) is 0.887. The van der Waals surface area contributed by atoms with Crippen LogP contribution < -0.4 is 0 Å². The van der Waals surface area contributed by atoms with E-state index in [4.69, 9.17) is 0 Å². The Hall–Kier alpha value is -0.430. The maximum absolute atomic E-state index is 12.5. The van der Waals surface area contributed by atoms with Crippen molar-refractivity contribution in [1.82, 2.24) is 4.31 Å². The molecule has 0 spiro atoms. The van der Waals surface area contributed by atoms with E-state index in [2.05, 4.69) is 15.9 Å². The summed E-state index contributed by atoms with van der Waals surface area (Å²) >= 11 is 3.27. The van der Waals surface area contributed by atoms with E-state index in [0.717, 1.165) is 18.4 Å². The van der Waals surface area contributed by atoms with Gasteiger partial charge in [-0.25, -0.2) is 8.42 Å². The Morgan fingerprint density at radius 3 is 2.68 bits per heavy atom. The van der Waals surface area contributed by atoms with Crippen LogP contribution in [0.15, 0.2) is 27.6 Å². The van der Waals surface area contributed by atoms with Crippen molar-refractivity contribution in [2.24, 2.45) is 5.92 Å². The molecular formula is C13H18BrNO3S. The monoisotopic (exact) mass is 347 g/mol. The first kappa shape index (κ1) is 15.0. The van der Waals surface area contributed by atoms with Crippen molar-refractivity contribution in [3.05, 3.63) is 28.2 Å². The molecule has 4 nitrogen and oxygen atoms in total. The Morgan fingerprint density at radius 1 is 1.47 bits per heavy atom. The molecule has 0 heterocycles. The third-order valence-electron chi connectivity index (χ3n) is 3.39. The zero-order valence-corrected chi connectivity index (χ0v) is 13.4. The zero-order valence-electron chi connectivity index (χ0n) is 11.0.